The summed E-state index contributed by atoms with van der Waals surface area (Å²) in [6.45, 7) is 5.07. The Morgan fingerprint density at radius 3 is 2.00 bits per heavy atom. The van der Waals surface area contributed by atoms with Crippen molar-refractivity contribution in [1.29, 1.82) is 0 Å². The zero-order valence-electron chi connectivity index (χ0n) is 14.2. The molecule has 126 valence electrons. The quantitative estimate of drug-likeness (QED) is 0.691. The van der Waals surface area contributed by atoms with E-state index in [1.54, 1.807) is 50.2 Å². The van der Waals surface area contributed by atoms with Crippen molar-refractivity contribution in [3.8, 4) is 5.75 Å². The van der Waals surface area contributed by atoms with Crippen LogP contribution in [0.5, 0.6) is 5.75 Å². The molecule has 5 heteroatoms. The van der Waals surface area contributed by atoms with E-state index in [0.717, 1.165) is 10.5 Å². The van der Waals surface area contributed by atoms with Crippen molar-refractivity contribution in [3.63, 3.8) is 0 Å². The lowest BCUT2D eigenvalue weighted by molar-refractivity contribution is -0.120. The summed E-state index contributed by atoms with van der Waals surface area (Å²) < 4.78 is 0. The van der Waals surface area contributed by atoms with Gasteiger partial charge in [-0.15, -0.1) is 0 Å². The average Bonchev–Trinajstić information content (AvgIpc) is 2.80. The average molecular weight is 335 g/mol. The van der Waals surface area contributed by atoms with E-state index >= 15 is 0 Å². The van der Waals surface area contributed by atoms with E-state index < -0.39 is 0 Å². The molecule has 0 saturated carbocycles. The number of anilines is 1. The molecule has 1 aliphatic heterocycles. The fraction of sp³-hybridized carbons (Fsp3) is 0.150. The number of amides is 2. The Bertz CT molecular complexity index is 915. The maximum atomic E-state index is 12.6. The molecule has 0 aliphatic carbocycles. The van der Waals surface area contributed by atoms with Crippen LogP contribution in [0.4, 0.5) is 5.69 Å². The highest BCUT2D eigenvalue weighted by Gasteiger charge is 2.34. The largest absolute Gasteiger partial charge is 0.507 e. The highest BCUT2D eigenvalue weighted by molar-refractivity contribution is 6.32. The summed E-state index contributed by atoms with van der Waals surface area (Å²) in [6, 6.07) is 11.0. The van der Waals surface area contributed by atoms with Gasteiger partial charge >= 0.3 is 0 Å². The number of phenols is 1. The number of hydrogen-bond acceptors (Lipinski definition) is 4. The maximum absolute atomic E-state index is 12.6. The number of benzene rings is 2. The second-order valence-corrected chi connectivity index (χ2v) is 6.09. The Labute approximate surface area is 145 Å². The molecule has 25 heavy (non-hydrogen) atoms. The molecule has 3 rings (SSSR count). The van der Waals surface area contributed by atoms with Gasteiger partial charge in [-0.1, -0.05) is 11.6 Å². The molecule has 0 spiro atoms. The van der Waals surface area contributed by atoms with Crippen molar-refractivity contribution >= 4 is 23.3 Å². The van der Waals surface area contributed by atoms with Gasteiger partial charge < -0.3 is 5.11 Å². The number of nitrogens with zero attached hydrogens (tertiary/aromatic N) is 1. The first-order chi connectivity index (χ1) is 11.8. The summed E-state index contributed by atoms with van der Waals surface area (Å²) in [5, 5.41) is 9.90. The molecule has 2 aromatic rings. The molecule has 5 nitrogen and oxygen atoms in total. The predicted molar refractivity (Wildman–Crippen MR) is 93.6 cm³/mol. The van der Waals surface area contributed by atoms with Crippen molar-refractivity contribution in [3.05, 3.63) is 70.3 Å². The van der Waals surface area contributed by atoms with Gasteiger partial charge in [-0.2, -0.15) is 0 Å². The van der Waals surface area contributed by atoms with Crippen LogP contribution in [-0.4, -0.2) is 22.7 Å². The zero-order chi connectivity index (χ0) is 18.3. The van der Waals surface area contributed by atoms with Crippen LogP contribution in [-0.2, 0) is 9.59 Å². The van der Waals surface area contributed by atoms with Crippen molar-refractivity contribution in [2.75, 3.05) is 4.90 Å². The van der Waals surface area contributed by atoms with Crippen LogP contribution < -0.4 is 4.90 Å². The number of phenolic OH excluding ortho intramolecular Hbond substituents is 1. The van der Waals surface area contributed by atoms with Gasteiger partial charge in [0, 0.05) is 16.7 Å². The number of carbonyl (C=O) groups is 3. The van der Waals surface area contributed by atoms with Gasteiger partial charge in [0.05, 0.1) is 11.3 Å². The van der Waals surface area contributed by atoms with Gasteiger partial charge in [0.15, 0.2) is 5.78 Å². The van der Waals surface area contributed by atoms with Crippen molar-refractivity contribution in [2.24, 2.45) is 0 Å². The summed E-state index contributed by atoms with van der Waals surface area (Å²) >= 11 is 0. The van der Waals surface area contributed by atoms with E-state index in [1.165, 1.54) is 6.07 Å². The van der Waals surface area contributed by atoms with E-state index in [2.05, 4.69) is 0 Å². The van der Waals surface area contributed by atoms with Crippen LogP contribution >= 0.6 is 0 Å². The minimum atomic E-state index is -0.349. The van der Waals surface area contributed by atoms with Crippen LogP contribution in [0.3, 0.4) is 0 Å². The third kappa shape index (κ3) is 2.74. The normalized spacial score (nSPS) is 14.4. The molecule has 0 atom stereocenters. The van der Waals surface area contributed by atoms with Crippen LogP contribution in [0, 0.1) is 6.92 Å². The van der Waals surface area contributed by atoms with Gasteiger partial charge in [0.25, 0.3) is 11.8 Å². The van der Waals surface area contributed by atoms with Gasteiger partial charge in [0.2, 0.25) is 0 Å². The van der Waals surface area contributed by atoms with Gasteiger partial charge in [-0.3, -0.25) is 14.4 Å². The first-order valence-corrected chi connectivity index (χ1v) is 7.82. The molecule has 0 saturated heterocycles. The highest BCUT2D eigenvalue weighted by Crippen LogP contribution is 2.28. The number of aromatic hydroxyl groups is 1. The molecule has 1 heterocycles. The molecule has 2 amide bonds. The van der Waals surface area contributed by atoms with Crippen LogP contribution in [0.1, 0.15) is 35.3 Å². The molecule has 1 N–H and O–H groups in total. The Morgan fingerprint density at radius 2 is 1.44 bits per heavy atom. The molecular formula is C20H17NO4. The summed E-state index contributed by atoms with van der Waals surface area (Å²) in [7, 11) is 0. The Hall–Kier alpha value is -3.21. The molecule has 2 aromatic carbocycles. The minimum Gasteiger partial charge on any atom is -0.507 e. The van der Waals surface area contributed by atoms with Crippen LogP contribution in [0.25, 0.3) is 0 Å². The van der Waals surface area contributed by atoms with Gasteiger partial charge in [-0.05, 0) is 57.2 Å². The SMILES string of the molecule is CC1=C(C)C(=O)N(c2ccc(C(=O)c3cc(C)ccc3O)cc2)C1=O. The molecule has 0 radical (unpaired) electrons. The first kappa shape index (κ1) is 16.6. The summed E-state index contributed by atoms with van der Waals surface area (Å²) in [6.07, 6.45) is 0. The lowest BCUT2D eigenvalue weighted by atomic mass is 10.0. The Balaban J connectivity index is 1.91. The molecule has 0 fully saturated rings. The smallest absolute Gasteiger partial charge is 0.261 e. The number of carbonyl (C=O) groups excluding carboxylic acids is 3. The molecular weight excluding hydrogens is 318 g/mol. The van der Waals surface area contributed by atoms with Crippen molar-refractivity contribution in [1.82, 2.24) is 0 Å². The van der Waals surface area contributed by atoms with Crippen LogP contribution in [0.15, 0.2) is 53.6 Å². The zero-order valence-corrected chi connectivity index (χ0v) is 14.2. The maximum Gasteiger partial charge on any atom is 0.261 e. The predicted octanol–water partition coefficient (Wildman–Crippen LogP) is 3.14. The fourth-order valence-corrected chi connectivity index (χ4v) is 2.73. The van der Waals surface area contributed by atoms with E-state index in [1.807, 2.05) is 6.92 Å². The second-order valence-electron chi connectivity index (χ2n) is 6.09. The second kappa shape index (κ2) is 6.02. The van der Waals surface area contributed by atoms with E-state index in [-0.39, 0.29) is 28.9 Å². The molecule has 1 aliphatic rings. The summed E-state index contributed by atoms with van der Waals surface area (Å²) in [4.78, 5) is 38.1. The minimum absolute atomic E-state index is 0.0833. The number of rotatable bonds is 3. The highest BCUT2D eigenvalue weighted by atomic mass is 16.3. The number of aryl methyl sites for hydroxylation is 1. The monoisotopic (exact) mass is 335 g/mol. The number of hydrogen-bond donors (Lipinski definition) is 1. The summed E-state index contributed by atoms with van der Waals surface area (Å²) in [5.74, 6) is -1.10. The third-order valence-corrected chi connectivity index (χ3v) is 4.39. The van der Waals surface area contributed by atoms with Gasteiger partial charge in [0.1, 0.15) is 5.75 Å². The van der Waals surface area contributed by atoms with E-state index in [0.29, 0.717) is 22.4 Å². The van der Waals surface area contributed by atoms with E-state index in [9.17, 15) is 19.5 Å². The Morgan fingerprint density at radius 1 is 0.880 bits per heavy atom. The Kier molecular flexibility index (Phi) is 4.00. The topological polar surface area (TPSA) is 74.7 Å². The van der Waals surface area contributed by atoms with Gasteiger partial charge in [-0.25, -0.2) is 4.90 Å². The van der Waals surface area contributed by atoms with Crippen LogP contribution in [0.2, 0.25) is 0 Å². The van der Waals surface area contributed by atoms with Crippen molar-refractivity contribution < 1.29 is 19.5 Å². The van der Waals surface area contributed by atoms with E-state index in [4.69, 9.17) is 0 Å². The fourth-order valence-electron chi connectivity index (χ4n) is 2.73. The number of imide groups is 1. The first-order valence-electron chi connectivity index (χ1n) is 7.82. The molecule has 0 bridgehead atoms. The number of ketones is 1. The summed E-state index contributed by atoms with van der Waals surface area (Å²) in [5.41, 5.74) is 2.71. The third-order valence-electron chi connectivity index (χ3n) is 4.39. The lowest BCUT2D eigenvalue weighted by Crippen LogP contribution is -2.31. The standard InChI is InChI=1S/C20H17NO4/c1-11-4-9-17(22)16(10-11)18(23)14-5-7-15(8-6-14)21-19(24)12(2)13(3)20(21)25/h4-10,22H,1-3H3. The molecule has 0 unspecified atom stereocenters. The molecule has 0 aromatic heterocycles. The lowest BCUT2D eigenvalue weighted by Gasteiger charge is -2.15. The van der Waals surface area contributed by atoms with Crippen molar-refractivity contribution in [2.45, 2.75) is 20.8 Å².